The van der Waals surface area contributed by atoms with Crippen LogP contribution in [0.15, 0.2) is 108 Å². The Morgan fingerprint density at radius 3 is 2.03 bits per heavy atom. The highest BCUT2D eigenvalue weighted by Gasteiger charge is 2.25. The van der Waals surface area contributed by atoms with Gasteiger partial charge >= 0.3 is 0 Å². The van der Waals surface area contributed by atoms with Crippen LogP contribution in [0.5, 0.6) is 0 Å². The molecule has 30 heavy (non-hydrogen) atoms. The van der Waals surface area contributed by atoms with Gasteiger partial charge in [0, 0.05) is 0 Å². The van der Waals surface area contributed by atoms with Gasteiger partial charge in [0.2, 0.25) is 0 Å². The maximum absolute atomic E-state index is 12.9. The first kappa shape index (κ1) is 20.4. The van der Waals surface area contributed by atoms with Crippen LogP contribution in [-0.2, 0) is 9.84 Å². The van der Waals surface area contributed by atoms with Crippen LogP contribution in [0.1, 0.15) is 36.3 Å². The lowest BCUT2D eigenvalue weighted by Gasteiger charge is -2.26. The van der Waals surface area contributed by atoms with Crippen molar-refractivity contribution in [2.24, 2.45) is 0 Å². The fraction of sp³-hybridized carbons (Fsp3) is 0.185. The Hall–Kier alpha value is -2.91. The largest absolute Gasteiger partial charge is 0.224 e. The minimum absolute atomic E-state index is 0.107. The van der Waals surface area contributed by atoms with E-state index in [-0.39, 0.29) is 17.6 Å². The standard InChI is InChI=1S/C27H26O2S/c1-21(26-18-10-14-23-13-8-9-17-27(23)26)25(22-11-4-2-5-12-22)19-20-30(28,29)24-15-6-3-7-16-24/h2-18,21,25H,19-20H2,1H3. The molecule has 0 amide bonds. The third-order valence-electron chi connectivity index (χ3n) is 5.95. The summed E-state index contributed by atoms with van der Waals surface area (Å²) >= 11 is 0. The predicted octanol–water partition coefficient (Wildman–Crippen LogP) is 6.59. The number of sulfone groups is 1. The number of fused-ring (bicyclic) bond motifs is 1. The third kappa shape index (κ3) is 4.31. The average Bonchev–Trinajstić information content (AvgIpc) is 2.80. The van der Waals surface area contributed by atoms with Gasteiger partial charge in [-0.1, -0.05) is 97.9 Å². The van der Waals surface area contributed by atoms with Crippen molar-refractivity contribution in [2.45, 2.75) is 30.1 Å². The number of hydrogen-bond donors (Lipinski definition) is 0. The number of rotatable bonds is 7. The smallest absolute Gasteiger partial charge is 0.178 e. The minimum atomic E-state index is -3.32. The summed E-state index contributed by atoms with van der Waals surface area (Å²) in [5, 5.41) is 2.45. The van der Waals surface area contributed by atoms with Crippen LogP contribution in [0.25, 0.3) is 10.8 Å². The Morgan fingerprint density at radius 2 is 1.30 bits per heavy atom. The highest BCUT2D eigenvalue weighted by atomic mass is 32.2. The van der Waals surface area contributed by atoms with Crippen LogP contribution < -0.4 is 0 Å². The van der Waals surface area contributed by atoms with E-state index in [1.165, 1.54) is 21.9 Å². The second-order valence-electron chi connectivity index (χ2n) is 7.79. The molecule has 0 fully saturated rings. The van der Waals surface area contributed by atoms with Crippen molar-refractivity contribution < 1.29 is 8.42 Å². The summed E-state index contributed by atoms with van der Waals surface area (Å²) in [7, 11) is -3.32. The van der Waals surface area contributed by atoms with E-state index >= 15 is 0 Å². The number of hydrogen-bond acceptors (Lipinski definition) is 2. The minimum Gasteiger partial charge on any atom is -0.224 e. The van der Waals surface area contributed by atoms with Gasteiger partial charge in [0.15, 0.2) is 9.84 Å². The molecule has 0 saturated carbocycles. The summed E-state index contributed by atoms with van der Waals surface area (Å²) in [6, 6.07) is 33.9. The molecule has 2 unspecified atom stereocenters. The third-order valence-corrected chi connectivity index (χ3v) is 7.71. The first-order valence-corrected chi connectivity index (χ1v) is 12.0. The van der Waals surface area contributed by atoms with Crippen molar-refractivity contribution in [1.29, 1.82) is 0 Å². The SMILES string of the molecule is CC(c1cccc2ccccc12)C(CCS(=O)(=O)c1ccccc1)c1ccccc1. The normalized spacial score (nSPS) is 13.8. The quantitative estimate of drug-likeness (QED) is 0.342. The summed E-state index contributed by atoms with van der Waals surface area (Å²) in [5.41, 5.74) is 2.44. The molecule has 0 saturated heterocycles. The molecule has 3 heteroatoms. The van der Waals surface area contributed by atoms with E-state index in [1.807, 2.05) is 24.3 Å². The molecule has 0 aromatic heterocycles. The van der Waals surface area contributed by atoms with E-state index in [9.17, 15) is 8.42 Å². The van der Waals surface area contributed by atoms with Crippen molar-refractivity contribution in [2.75, 3.05) is 5.75 Å². The summed E-state index contributed by atoms with van der Waals surface area (Å²) in [5.74, 6) is 0.422. The van der Waals surface area contributed by atoms with Crippen LogP contribution in [0.3, 0.4) is 0 Å². The van der Waals surface area contributed by atoms with Gasteiger partial charge < -0.3 is 0 Å². The molecular formula is C27H26O2S. The molecule has 0 radical (unpaired) electrons. The van der Waals surface area contributed by atoms with Crippen LogP contribution in [0.4, 0.5) is 0 Å². The first-order valence-electron chi connectivity index (χ1n) is 10.4. The summed E-state index contributed by atoms with van der Waals surface area (Å²) in [4.78, 5) is 0.398. The van der Waals surface area contributed by atoms with Crippen molar-refractivity contribution >= 4 is 20.6 Å². The second-order valence-corrected chi connectivity index (χ2v) is 9.90. The zero-order valence-electron chi connectivity index (χ0n) is 17.1. The van der Waals surface area contributed by atoms with Crippen molar-refractivity contribution in [3.63, 3.8) is 0 Å². The van der Waals surface area contributed by atoms with E-state index < -0.39 is 9.84 Å². The highest BCUT2D eigenvalue weighted by Crippen LogP contribution is 2.39. The molecule has 2 nitrogen and oxygen atoms in total. The molecule has 0 aliphatic carbocycles. The Labute approximate surface area is 179 Å². The van der Waals surface area contributed by atoms with Crippen molar-refractivity contribution in [3.05, 3.63) is 114 Å². The van der Waals surface area contributed by atoms with Gasteiger partial charge in [-0.15, -0.1) is 0 Å². The monoisotopic (exact) mass is 414 g/mol. The Balaban J connectivity index is 1.68. The molecule has 0 aliphatic rings. The molecule has 0 spiro atoms. The topological polar surface area (TPSA) is 34.1 Å². The van der Waals surface area contributed by atoms with E-state index in [1.54, 1.807) is 24.3 Å². The maximum atomic E-state index is 12.9. The summed E-state index contributed by atoms with van der Waals surface area (Å²) in [6.07, 6.45) is 0.575. The van der Waals surface area contributed by atoms with Crippen molar-refractivity contribution in [3.8, 4) is 0 Å². The van der Waals surface area contributed by atoms with Gasteiger partial charge in [-0.05, 0) is 52.3 Å². The fourth-order valence-corrected chi connectivity index (χ4v) is 5.67. The summed E-state index contributed by atoms with van der Waals surface area (Å²) < 4.78 is 25.9. The molecule has 4 rings (SSSR count). The number of benzene rings is 4. The lowest BCUT2D eigenvalue weighted by molar-refractivity contribution is 0.547. The zero-order valence-corrected chi connectivity index (χ0v) is 17.9. The van der Waals surface area contributed by atoms with Gasteiger partial charge in [-0.2, -0.15) is 0 Å². The Kier molecular flexibility index (Phi) is 6.01. The van der Waals surface area contributed by atoms with E-state index in [0.29, 0.717) is 11.3 Å². The van der Waals surface area contributed by atoms with Crippen LogP contribution in [0, 0.1) is 0 Å². The molecule has 2 atom stereocenters. The molecule has 0 N–H and O–H groups in total. The van der Waals surface area contributed by atoms with Gasteiger partial charge in [0.1, 0.15) is 0 Å². The Bertz CT molecular complexity index is 1210. The lowest BCUT2D eigenvalue weighted by Crippen LogP contribution is -2.15. The Morgan fingerprint density at radius 1 is 0.700 bits per heavy atom. The van der Waals surface area contributed by atoms with Crippen LogP contribution in [-0.4, -0.2) is 14.2 Å². The van der Waals surface area contributed by atoms with Crippen LogP contribution >= 0.6 is 0 Å². The molecule has 4 aromatic rings. The van der Waals surface area contributed by atoms with Crippen molar-refractivity contribution in [1.82, 2.24) is 0 Å². The molecular weight excluding hydrogens is 388 g/mol. The predicted molar refractivity (Wildman–Crippen MR) is 125 cm³/mol. The van der Waals surface area contributed by atoms with E-state index in [2.05, 4.69) is 61.5 Å². The molecule has 0 bridgehead atoms. The van der Waals surface area contributed by atoms with Crippen LogP contribution in [0.2, 0.25) is 0 Å². The fourth-order valence-electron chi connectivity index (χ4n) is 4.30. The van der Waals surface area contributed by atoms with E-state index in [4.69, 9.17) is 0 Å². The first-order chi connectivity index (χ1) is 14.6. The molecule has 152 valence electrons. The lowest BCUT2D eigenvalue weighted by atomic mass is 9.79. The highest BCUT2D eigenvalue weighted by molar-refractivity contribution is 7.91. The van der Waals surface area contributed by atoms with Gasteiger partial charge in [0.05, 0.1) is 10.6 Å². The van der Waals surface area contributed by atoms with Gasteiger partial charge in [0.25, 0.3) is 0 Å². The van der Waals surface area contributed by atoms with Gasteiger partial charge in [-0.3, -0.25) is 0 Å². The zero-order chi connectivity index (χ0) is 21.0. The second kappa shape index (κ2) is 8.85. The summed E-state index contributed by atoms with van der Waals surface area (Å²) in [6.45, 7) is 2.22. The molecule has 0 aliphatic heterocycles. The average molecular weight is 415 g/mol. The van der Waals surface area contributed by atoms with E-state index in [0.717, 1.165) is 0 Å². The van der Waals surface area contributed by atoms with Gasteiger partial charge in [-0.25, -0.2) is 8.42 Å². The molecule has 0 heterocycles. The molecule has 4 aromatic carbocycles. The maximum Gasteiger partial charge on any atom is 0.178 e.